The van der Waals surface area contributed by atoms with E-state index in [4.69, 9.17) is 4.74 Å². The number of hydrogen-bond acceptors (Lipinski definition) is 5. The van der Waals surface area contributed by atoms with Crippen LogP contribution in [0.2, 0.25) is 0 Å². The van der Waals surface area contributed by atoms with E-state index in [0.29, 0.717) is 30.0 Å². The molecule has 1 heterocycles. The number of hydrogen-bond donors (Lipinski definition) is 1. The van der Waals surface area contributed by atoms with Crippen molar-refractivity contribution < 1.29 is 9.53 Å². The van der Waals surface area contributed by atoms with Gasteiger partial charge in [0.25, 0.3) is 11.5 Å². The Bertz CT molecular complexity index is 1230. The summed E-state index contributed by atoms with van der Waals surface area (Å²) < 4.78 is 7.36. The minimum absolute atomic E-state index is 0.0176. The summed E-state index contributed by atoms with van der Waals surface area (Å²) in [6.45, 7) is 6.17. The van der Waals surface area contributed by atoms with Crippen LogP contribution in [0.1, 0.15) is 40.5 Å². The molecule has 0 aliphatic rings. The van der Waals surface area contributed by atoms with Crippen LogP contribution in [0.5, 0.6) is 5.75 Å². The van der Waals surface area contributed by atoms with Gasteiger partial charge >= 0.3 is 5.69 Å². The number of carbonyl (C=O) groups is 1. The van der Waals surface area contributed by atoms with Crippen LogP contribution in [0, 0.1) is 13.8 Å². The van der Waals surface area contributed by atoms with Crippen molar-refractivity contribution in [3.63, 3.8) is 0 Å². The molecule has 0 atom stereocenters. The molecular weight excluding hydrogens is 396 g/mol. The smallest absolute Gasteiger partial charge is 0.352 e. The summed E-state index contributed by atoms with van der Waals surface area (Å²) >= 11 is 0. The van der Waals surface area contributed by atoms with E-state index in [1.165, 1.54) is 0 Å². The average Bonchev–Trinajstić information content (AvgIpc) is 2.77. The Balaban J connectivity index is 2.20. The Kier molecular flexibility index (Phi) is 6.69. The minimum atomic E-state index is -0.735. The van der Waals surface area contributed by atoms with Crippen LogP contribution >= 0.6 is 0 Å². The first kappa shape index (κ1) is 22.0. The standard InChI is InChI=1S/C23H26N4O4/c1-5-11-24-21(28)20-22(29)26(14-17-7-6-8-19(13-17)31-4)23(30)27(25-20)18-10-9-15(2)16(3)12-18/h6-10,12-13H,5,11,14H2,1-4H3,(H,24,28). The van der Waals surface area contributed by atoms with Gasteiger partial charge in [0.1, 0.15) is 5.75 Å². The molecule has 2 aromatic carbocycles. The first-order valence-electron chi connectivity index (χ1n) is 10.1. The highest BCUT2D eigenvalue weighted by Crippen LogP contribution is 2.14. The summed E-state index contributed by atoms with van der Waals surface area (Å²) in [6, 6.07) is 12.5. The molecule has 0 aliphatic carbocycles. The van der Waals surface area contributed by atoms with Gasteiger partial charge in [-0.2, -0.15) is 9.78 Å². The molecule has 162 valence electrons. The van der Waals surface area contributed by atoms with Crippen molar-refractivity contribution in [2.24, 2.45) is 0 Å². The second-order valence-corrected chi connectivity index (χ2v) is 7.31. The van der Waals surface area contributed by atoms with Crippen molar-refractivity contribution in [2.45, 2.75) is 33.7 Å². The molecular formula is C23H26N4O4. The zero-order chi connectivity index (χ0) is 22.5. The number of methoxy groups -OCH3 is 1. The molecule has 1 amide bonds. The molecule has 8 nitrogen and oxygen atoms in total. The SMILES string of the molecule is CCCNC(=O)c1nn(-c2ccc(C)c(C)c2)c(=O)n(Cc2cccc(OC)c2)c1=O. The fourth-order valence-electron chi connectivity index (χ4n) is 3.10. The molecule has 3 rings (SSSR count). The van der Waals surface area contributed by atoms with Gasteiger partial charge in [0.05, 0.1) is 19.3 Å². The van der Waals surface area contributed by atoms with E-state index in [9.17, 15) is 14.4 Å². The lowest BCUT2D eigenvalue weighted by Crippen LogP contribution is -2.46. The average molecular weight is 422 g/mol. The van der Waals surface area contributed by atoms with Crippen molar-refractivity contribution in [3.05, 3.63) is 85.7 Å². The number of rotatable bonds is 7. The molecule has 31 heavy (non-hydrogen) atoms. The van der Waals surface area contributed by atoms with E-state index >= 15 is 0 Å². The second kappa shape index (κ2) is 9.42. The Morgan fingerprint density at radius 3 is 2.55 bits per heavy atom. The molecule has 0 bridgehead atoms. The van der Waals surface area contributed by atoms with Gasteiger partial charge in [-0.15, -0.1) is 0 Å². The van der Waals surface area contributed by atoms with E-state index in [0.717, 1.165) is 20.4 Å². The van der Waals surface area contributed by atoms with E-state index in [1.807, 2.05) is 26.8 Å². The summed E-state index contributed by atoms with van der Waals surface area (Å²) in [7, 11) is 1.54. The van der Waals surface area contributed by atoms with Crippen LogP contribution in [0.3, 0.4) is 0 Å². The van der Waals surface area contributed by atoms with Crippen molar-refractivity contribution in [1.82, 2.24) is 19.7 Å². The molecule has 8 heteroatoms. The van der Waals surface area contributed by atoms with Crippen LogP contribution in [0.15, 0.2) is 52.1 Å². The highest BCUT2D eigenvalue weighted by atomic mass is 16.5. The third kappa shape index (κ3) is 4.74. The molecule has 0 spiro atoms. The van der Waals surface area contributed by atoms with E-state index in [-0.39, 0.29) is 12.2 Å². The number of amides is 1. The lowest BCUT2D eigenvalue weighted by molar-refractivity contribution is 0.0944. The number of benzene rings is 2. The predicted octanol–water partition coefficient (Wildman–Crippen LogP) is 2.21. The Morgan fingerprint density at radius 1 is 1.10 bits per heavy atom. The summed E-state index contributed by atoms with van der Waals surface area (Å²) in [4.78, 5) is 38.9. The molecule has 0 aliphatic heterocycles. The molecule has 0 saturated carbocycles. The molecule has 1 aromatic heterocycles. The van der Waals surface area contributed by atoms with Gasteiger partial charge in [-0.05, 0) is 61.2 Å². The molecule has 1 N–H and O–H groups in total. The van der Waals surface area contributed by atoms with Crippen LogP contribution < -0.4 is 21.3 Å². The second-order valence-electron chi connectivity index (χ2n) is 7.31. The highest BCUT2D eigenvalue weighted by Gasteiger charge is 2.20. The number of carbonyl (C=O) groups excluding carboxylic acids is 1. The lowest BCUT2D eigenvalue weighted by Gasteiger charge is -2.13. The van der Waals surface area contributed by atoms with Gasteiger partial charge in [0.15, 0.2) is 0 Å². The summed E-state index contributed by atoms with van der Waals surface area (Å²) in [5.41, 5.74) is 1.52. The lowest BCUT2D eigenvalue weighted by atomic mass is 10.1. The van der Waals surface area contributed by atoms with E-state index in [1.54, 1.807) is 43.5 Å². The number of aryl methyl sites for hydroxylation is 2. The topological polar surface area (TPSA) is 95.2 Å². The summed E-state index contributed by atoms with van der Waals surface area (Å²) in [5, 5.41) is 6.80. The van der Waals surface area contributed by atoms with Crippen LogP contribution in [0.25, 0.3) is 5.69 Å². The summed E-state index contributed by atoms with van der Waals surface area (Å²) in [6.07, 6.45) is 0.709. The quantitative estimate of drug-likeness (QED) is 0.630. The largest absolute Gasteiger partial charge is 0.497 e. The Morgan fingerprint density at radius 2 is 1.87 bits per heavy atom. The van der Waals surface area contributed by atoms with Gasteiger partial charge in [-0.25, -0.2) is 4.79 Å². The highest BCUT2D eigenvalue weighted by molar-refractivity contribution is 5.91. The zero-order valence-electron chi connectivity index (χ0n) is 18.1. The van der Waals surface area contributed by atoms with Gasteiger partial charge in [0, 0.05) is 6.54 Å². The first-order chi connectivity index (χ1) is 14.8. The Hall–Kier alpha value is -3.68. The van der Waals surface area contributed by atoms with E-state index in [2.05, 4.69) is 10.4 Å². The normalized spacial score (nSPS) is 10.7. The maximum Gasteiger partial charge on any atom is 0.352 e. The van der Waals surface area contributed by atoms with Crippen LogP contribution in [-0.4, -0.2) is 33.9 Å². The van der Waals surface area contributed by atoms with Gasteiger partial charge < -0.3 is 10.1 Å². The van der Waals surface area contributed by atoms with Crippen molar-refractivity contribution >= 4 is 5.91 Å². The van der Waals surface area contributed by atoms with Gasteiger partial charge in [0.2, 0.25) is 5.69 Å². The maximum absolute atomic E-state index is 13.2. The van der Waals surface area contributed by atoms with E-state index < -0.39 is 17.2 Å². The van der Waals surface area contributed by atoms with Gasteiger partial charge in [-0.1, -0.05) is 25.1 Å². The van der Waals surface area contributed by atoms with Crippen LogP contribution in [0.4, 0.5) is 0 Å². The van der Waals surface area contributed by atoms with Crippen molar-refractivity contribution in [1.29, 1.82) is 0 Å². The molecule has 0 fully saturated rings. The van der Waals surface area contributed by atoms with Crippen LogP contribution in [-0.2, 0) is 6.54 Å². The molecule has 0 radical (unpaired) electrons. The fourth-order valence-corrected chi connectivity index (χ4v) is 3.10. The predicted molar refractivity (Wildman–Crippen MR) is 118 cm³/mol. The number of nitrogens with zero attached hydrogens (tertiary/aromatic N) is 3. The van der Waals surface area contributed by atoms with Gasteiger partial charge in [-0.3, -0.25) is 14.2 Å². The maximum atomic E-state index is 13.2. The monoisotopic (exact) mass is 422 g/mol. The third-order valence-corrected chi connectivity index (χ3v) is 5.02. The first-order valence-corrected chi connectivity index (χ1v) is 10.1. The zero-order valence-corrected chi connectivity index (χ0v) is 18.1. The molecule has 3 aromatic rings. The third-order valence-electron chi connectivity index (χ3n) is 5.02. The minimum Gasteiger partial charge on any atom is -0.497 e. The Labute approximate surface area is 180 Å². The molecule has 0 saturated heterocycles. The number of nitrogens with one attached hydrogen (secondary N) is 1. The number of aromatic nitrogens is 3. The van der Waals surface area contributed by atoms with Crippen molar-refractivity contribution in [3.8, 4) is 11.4 Å². The van der Waals surface area contributed by atoms with Crippen molar-refractivity contribution in [2.75, 3.05) is 13.7 Å². The number of ether oxygens (including phenoxy) is 1. The summed E-state index contributed by atoms with van der Waals surface area (Å²) in [5.74, 6) is -0.00109. The molecule has 0 unspecified atom stereocenters. The fraction of sp³-hybridized carbons (Fsp3) is 0.304.